The Morgan fingerprint density at radius 3 is 3.10 bits per heavy atom. The van der Waals surface area contributed by atoms with E-state index in [2.05, 4.69) is 14.8 Å². The normalized spacial score (nSPS) is 9.70. The Hall–Kier alpha value is -0.580. The zero-order valence-corrected chi connectivity index (χ0v) is 6.39. The Morgan fingerprint density at radius 2 is 2.50 bits per heavy atom. The van der Waals surface area contributed by atoms with Crippen LogP contribution in [0.4, 0.5) is 0 Å². The Kier molecular flexibility index (Phi) is 3.21. The largest absolute Gasteiger partial charge is 0.297 e. The van der Waals surface area contributed by atoms with Gasteiger partial charge in [-0.25, -0.2) is 0 Å². The lowest BCUT2D eigenvalue weighted by Gasteiger charge is -1.96. The smallest absolute Gasteiger partial charge is 0.222 e. The summed E-state index contributed by atoms with van der Waals surface area (Å²) < 4.78 is 0. The van der Waals surface area contributed by atoms with Gasteiger partial charge in [-0.15, -0.1) is 11.3 Å². The maximum Gasteiger partial charge on any atom is 0.222 e. The summed E-state index contributed by atoms with van der Waals surface area (Å²) in [6.07, 6.45) is 0. The molecule has 0 aliphatic carbocycles. The second-order valence-corrected chi connectivity index (χ2v) is 2.40. The summed E-state index contributed by atoms with van der Waals surface area (Å²) >= 11 is 1.45. The summed E-state index contributed by atoms with van der Waals surface area (Å²) in [6.45, 7) is 2.29. The molecular formula is C6H8O3S. The van der Waals surface area contributed by atoms with Crippen LogP contribution in [0.5, 0.6) is 5.06 Å². The van der Waals surface area contributed by atoms with Crippen molar-refractivity contribution in [3.63, 3.8) is 0 Å². The topological polar surface area (TPSA) is 27.7 Å². The second-order valence-electron chi connectivity index (χ2n) is 1.49. The van der Waals surface area contributed by atoms with Gasteiger partial charge in [0.2, 0.25) is 5.06 Å². The third-order valence-electron chi connectivity index (χ3n) is 0.777. The molecule has 1 rings (SSSR count). The molecule has 0 bridgehead atoms. The maximum atomic E-state index is 4.68. The molecule has 0 aromatic carbocycles. The molecule has 0 saturated heterocycles. The van der Waals surface area contributed by atoms with Crippen molar-refractivity contribution in [2.24, 2.45) is 0 Å². The molecule has 0 saturated carbocycles. The molecule has 0 spiro atoms. The van der Waals surface area contributed by atoms with Crippen molar-refractivity contribution in [3.8, 4) is 5.06 Å². The van der Waals surface area contributed by atoms with E-state index in [4.69, 9.17) is 0 Å². The van der Waals surface area contributed by atoms with Crippen molar-refractivity contribution in [1.29, 1.82) is 0 Å². The van der Waals surface area contributed by atoms with Gasteiger partial charge in [-0.1, -0.05) is 0 Å². The minimum atomic E-state index is 0.478. The molecule has 0 aliphatic rings. The van der Waals surface area contributed by atoms with Crippen molar-refractivity contribution in [3.05, 3.63) is 17.5 Å². The van der Waals surface area contributed by atoms with Gasteiger partial charge in [-0.05, 0) is 29.5 Å². The molecule has 1 aromatic heterocycles. The van der Waals surface area contributed by atoms with Crippen LogP contribution in [0.2, 0.25) is 0 Å². The van der Waals surface area contributed by atoms with Crippen LogP contribution >= 0.6 is 11.3 Å². The summed E-state index contributed by atoms with van der Waals surface area (Å²) in [5.41, 5.74) is 0. The van der Waals surface area contributed by atoms with Crippen LogP contribution < -0.4 is 4.89 Å². The lowest BCUT2D eigenvalue weighted by molar-refractivity contribution is -0.463. The van der Waals surface area contributed by atoms with Crippen molar-refractivity contribution in [2.45, 2.75) is 6.92 Å². The Balaban J connectivity index is 2.15. The van der Waals surface area contributed by atoms with Gasteiger partial charge in [-0.3, -0.25) is 4.89 Å². The molecule has 0 aliphatic heterocycles. The highest BCUT2D eigenvalue weighted by molar-refractivity contribution is 7.11. The minimum absolute atomic E-state index is 0.478. The van der Waals surface area contributed by atoms with Gasteiger partial charge in [-0.2, -0.15) is 4.89 Å². The van der Waals surface area contributed by atoms with Crippen LogP contribution in [-0.4, -0.2) is 6.61 Å². The van der Waals surface area contributed by atoms with E-state index < -0.39 is 0 Å². The van der Waals surface area contributed by atoms with E-state index in [1.807, 2.05) is 18.4 Å². The highest BCUT2D eigenvalue weighted by Crippen LogP contribution is 2.17. The first-order valence-corrected chi connectivity index (χ1v) is 3.81. The summed E-state index contributed by atoms with van der Waals surface area (Å²) in [7, 11) is 0. The van der Waals surface area contributed by atoms with E-state index in [1.165, 1.54) is 11.3 Å². The first-order chi connectivity index (χ1) is 4.93. The molecule has 4 heteroatoms. The van der Waals surface area contributed by atoms with E-state index in [-0.39, 0.29) is 0 Å². The number of thiophene rings is 1. The monoisotopic (exact) mass is 160 g/mol. The van der Waals surface area contributed by atoms with Gasteiger partial charge in [0.15, 0.2) is 0 Å². The number of rotatable bonds is 4. The summed E-state index contributed by atoms with van der Waals surface area (Å²) in [6, 6.07) is 3.67. The summed E-state index contributed by atoms with van der Waals surface area (Å²) in [4.78, 5) is 9.17. The first-order valence-electron chi connectivity index (χ1n) is 2.93. The Morgan fingerprint density at radius 1 is 1.60 bits per heavy atom. The minimum Gasteiger partial charge on any atom is -0.297 e. The first kappa shape index (κ1) is 7.53. The molecule has 1 heterocycles. The predicted molar refractivity (Wildman–Crippen MR) is 37.7 cm³/mol. The van der Waals surface area contributed by atoms with Crippen LogP contribution in [0.15, 0.2) is 17.5 Å². The van der Waals surface area contributed by atoms with Crippen molar-refractivity contribution >= 4 is 11.3 Å². The van der Waals surface area contributed by atoms with Crippen LogP contribution in [0.3, 0.4) is 0 Å². The number of hydrogen-bond donors (Lipinski definition) is 0. The van der Waals surface area contributed by atoms with Crippen LogP contribution in [-0.2, 0) is 9.93 Å². The van der Waals surface area contributed by atoms with E-state index in [1.54, 1.807) is 6.07 Å². The molecule has 0 radical (unpaired) electrons. The van der Waals surface area contributed by atoms with Gasteiger partial charge in [0.05, 0.1) is 6.61 Å². The molecule has 3 nitrogen and oxygen atoms in total. The van der Waals surface area contributed by atoms with Gasteiger partial charge in [0.1, 0.15) is 0 Å². The van der Waals surface area contributed by atoms with Gasteiger partial charge < -0.3 is 0 Å². The van der Waals surface area contributed by atoms with E-state index in [9.17, 15) is 0 Å². The van der Waals surface area contributed by atoms with Gasteiger partial charge in [0, 0.05) is 0 Å². The third kappa shape index (κ3) is 2.34. The zero-order chi connectivity index (χ0) is 7.23. The molecule has 0 unspecified atom stereocenters. The van der Waals surface area contributed by atoms with E-state index in [0.29, 0.717) is 11.7 Å². The van der Waals surface area contributed by atoms with Crippen molar-refractivity contribution in [2.75, 3.05) is 6.61 Å². The number of hydrogen-bond acceptors (Lipinski definition) is 4. The van der Waals surface area contributed by atoms with Crippen LogP contribution in [0.25, 0.3) is 0 Å². The standard InChI is InChI=1S/C6H8O3S/c1-2-7-9-8-6-4-3-5-10-6/h3-5H,2H2,1H3. The van der Waals surface area contributed by atoms with Gasteiger partial charge >= 0.3 is 0 Å². The molecule has 10 heavy (non-hydrogen) atoms. The molecule has 56 valence electrons. The second kappa shape index (κ2) is 4.27. The molecule has 0 amide bonds. The zero-order valence-electron chi connectivity index (χ0n) is 5.57. The quantitative estimate of drug-likeness (QED) is 0.383. The summed E-state index contributed by atoms with van der Waals surface area (Å²) in [5, 5.41) is 6.92. The Bertz CT molecular complexity index is 162. The molecule has 1 aromatic rings. The molecular weight excluding hydrogens is 152 g/mol. The maximum absolute atomic E-state index is 4.68. The molecule has 0 fully saturated rings. The van der Waals surface area contributed by atoms with Crippen molar-refractivity contribution < 1.29 is 14.8 Å². The molecule has 0 atom stereocenters. The molecule has 0 N–H and O–H groups in total. The fraction of sp³-hybridized carbons (Fsp3) is 0.333. The highest BCUT2D eigenvalue weighted by atomic mass is 32.1. The SMILES string of the molecule is CCOOOc1cccs1. The fourth-order valence-corrected chi connectivity index (χ4v) is 0.932. The van der Waals surface area contributed by atoms with E-state index >= 15 is 0 Å². The third-order valence-corrected chi connectivity index (χ3v) is 1.51. The Labute approximate surface area is 63.0 Å². The lowest BCUT2D eigenvalue weighted by atomic mass is 10.7. The van der Waals surface area contributed by atoms with Crippen LogP contribution in [0, 0.1) is 0 Å². The highest BCUT2D eigenvalue weighted by Gasteiger charge is 1.92. The van der Waals surface area contributed by atoms with E-state index in [0.717, 1.165) is 0 Å². The predicted octanol–water partition coefficient (Wildman–Crippen LogP) is 2.01. The van der Waals surface area contributed by atoms with Crippen LogP contribution in [0.1, 0.15) is 6.92 Å². The van der Waals surface area contributed by atoms with Gasteiger partial charge in [0.25, 0.3) is 0 Å². The average molecular weight is 160 g/mol. The fourth-order valence-electron chi connectivity index (χ4n) is 0.417. The van der Waals surface area contributed by atoms with Crippen molar-refractivity contribution in [1.82, 2.24) is 0 Å². The summed E-state index contributed by atoms with van der Waals surface area (Å²) in [5.74, 6) is 0. The average Bonchev–Trinajstić information content (AvgIpc) is 2.41. The lowest BCUT2D eigenvalue weighted by Crippen LogP contribution is -1.96.